The average molecular weight is 387 g/mol. The van der Waals surface area contributed by atoms with E-state index in [1.165, 1.54) is 12.1 Å². The Labute approximate surface area is 158 Å². The summed E-state index contributed by atoms with van der Waals surface area (Å²) in [5.74, 6) is -0.350. The second-order valence-corrected chi connectivity index (χ2v) is 6.10. The van der Waals surface area contributed by atoms with E-state index in [4.69, 9.17) is 9.47 Å². The molecule has 6 nitrogen and oxygen atoms in total. The van der Waals surface area contributed by atoms with Crippen molar-refractivity contribution in [2.24, 2.45) is 0 Å². The quantitative estimate of drug-likeness (QED) is 0.717. The van der Waals surface area contributed by atoms with Crippen LogP contribution in [0.15, 0.2) is 42.5 Å². The minimum absolute atomic E-state index is 0.0255. The number of carboxylic acids is 1. The second-order valence-electron chi connectivity index (χ2n) is 6.10. The van der Waals surface area contributed by atoms with Gasteiger partial charge in [-0.2, -0.15) is 8.78 Å². The molecule has 0 fully saturated rings. The Morgan fingerprint density at radius 2 is 1.82 bits per heavy atom. The van der Waals surface area contributed by atoms with E-state index in [0.29, 0.717) is 42.0 Å². The summed E-state index contributed by atoms with van der Waals surface area (Å²) in [5.41, 5.74) is 0.795. The maximum absolute atomic E-state index is 12.7. The third-order valence-electron chi connectivity index (χ3n) is 4.29. The largest absolute Gasteiger partial charge is 0.490 e. The van der Waals surface area contributed by atoms with Crippen LogP contribution in [0.1, 0.15) is 16.8 Å². The fraction of sp³-hybridized carbons (Fsp3) is 0.200. The van der Waals surface area contributed by atoms with Gasteiger partial charge in [0.2, 0.25) is 0 Å². The number of hydrogen-bond donors (Lipinski definition) is 1. The van der Waals surface area contributed by atoms with E-state index in [0.717, 1.165) is 0 Å². The van der Waals surface area contributed by atoms with Gasteiger partial charge in [0.15, 0.2) is 11.5 Å². The van der Waals surface area contributed by atoms with Gasteiger partial charge in [-0.3, -0.25) is 0 Å². The number of alkyl halides is 2. The monoisotopic (exact) mass is 387 g/mol. The fourth-order valence-corrected chi connectivity index (χ4v) is 3.07. The van der Waals surface area contributed by atoms with E-state index in [1.807, 2.05) is 0 Å². The van der Waals surface area contributed by atoms with Gasteiger partial charge in [-0.15, -0.1) is 0 Å². The molecule has 0 spiro atoms. The van der Waals surface area contributed by atoms with Gasteiger partial charge in [0.05, 0.1) is 30.0 Å². The van der Waals surface area contributed by atoms with Crippen molar-refractivity contribution in [1.82, 2.24) is 4.98 Å². The summed E-state index contributed by atoms with van der Waals surface area (Å²) in [6.45, 7) is -2.08. The highest BCUT2D eigenvalue weighted by Gasteiger charge is 2.20. The van der Waals surface area contributed by atoms with Crippen LogP contribution in [0.3, 0.4) is 0 Å². The number of aromatic carboxylic acids is 1. The summed E-state index contributed by atoms with van der Waals surface area (Å²) in [6, 6.07) is 10.6. The fourth-order valence-electron chi connectivity index (χ4n) is 3.07. The number of aromatic nitrogens is 1. The number of para-hydroxylation sites is 1. The standard InChI is InChI=1S/C20H15F2NO5/c21-20(22)28-16-5-2-1-4-11(16)14-8-13(19(24)25)12-9-17-18(10-15(12)23-14)27-7-3-6-26-17/h1-2,4-5,8-10,20H,3,6-7H2,(H,24,25). The number of carbonyl (C=O) groups is 1. The van der Waals surface area contributed by atoms with Gasteiger partial charge in [-0.1, -0.05) is 12.1 Å². The van der Waals surface area contributed by atoms with Crippen molar-refractivity contribution in [1.29, 1.82) is 0 Å². The Hall–Kier alpha value is -3.42. The number of rotatable bonds is 4. The molecule has 0 aliphatic carbocycles. The molecule has 0 atom stereocenters. The average Bonchev–Trinajstić information content (AvgIpc) is 2.90. The SMILES string of the molecule is O=C(O)c1cc(-c2ccccc2OC(F)F)nc2cc3c(cc12)OCCCO3. The van der Waals surface area contributed by atoms with Crippen molar-refractivity contribution >= 4 is 16.9 Å². The highest BCUT2D eigenvalue weighted by molar-refractivity contribution is 6.04. The Balaban J connectivity index is 1.93. The van der Waals surface area contributed by atoms with Crippen molar-refractivity contribution < 1.29 is 32.9 Å². The molecule has 2 heterocycles. The second kappa shape index (κ2) is 7.30. The van der Waals surface area contributed by atoms with Crippen molar-refractivity contribution in [2.45, 2.75) is 13.0 Å². The van der Waals surface area contributed by atoms with Gasteiger partial charge in [-0.25, -0.2) is 9.78 Å². The van der Waals surface area contributed by atoms with E-state index in [1.54, 1.807) is 30.3 Å². The first-order valence-corrected chi connectivity index (χ1v) is 8.55. The van der Waals surface area contributed by atoms with Gasteiger partial charge in [0.1, 0.15) is 5.75 Å². The lowest BCUT2D eigenvalue weighted by Crippen LogP contribution is -2.05. The van der Waals surface area contributed by atoms with Crippen LogP contribution in [-0.4, -0.2) is 35.9 Å². The van der Waals surface area contributed by atoms with Gasteiger partial charge >= 0.3 is 12.6 Å². The molecular weight excluding hydrogens is 372 g/mol. The first-order chi connectivity index (χ1) is 13.5. The Morgan fingerprint density at radius 1 is 1.11 bits per heavy atom. The summed E-state index contributed by atoms with van der Waals surface area (Å²) >= 11 is 0. The number of pyridine rings is 1. The Morgan fingerprint density at radius 3 is 2.54 bits per heavy atom. The highest BCUT2D eigenvalue weighted by atomic mass is 19.3. The summed E-state index contributed by atoms with van der Waals surface area (Å²) in [4.78, 5) is 16.3. The topological polar surface area (TPSA) is 77.9 Å². The Kier molecular flexibility index (Phi) is 4.68. The zero-order valence-electron chi connectivity index (χ0n) is 14.5. The van der Waals surface area contributed by atoms with E-state index < -0.39 is 12.6 Å². The van der Waals surface area contributed by atoms with Crippen molar-refractivity contribution in [3.05, 3.63) is 48.0 Å². The summed E-state index contributed by atoms with van der Waals surface area (Å²) in [7, 11) is 0. The molecule has 28 heavy (non-hydrogen) atoms. The third kappa shape index (κ3) is 3.40. The van der Waals surface area contributed by atoms with Crippen molar-refractivity contribution in [3.8, 4) is 28.5 Å². The van der Waals surface area contributed by atoms with Crippen LogP contribution in [0.2, 0.25) is 0 Å². The van der Waals surface area contributed by atoms with Gasteiger partial charge in [0, 0.05) is 23.4 Å². The van der Waals surface area contributed by atoms with Gasteiger partial charge < -0.3 is 19.3 Å². The number of carboxylic acid groups (broad SMARTS) is 1. The first kappa shape index (κ1) is 18.0. The van der Waals surface area contributed by atoms with Gasteiger partial charge in [-0.05, 0) is 24.3 Å². The molecule has 8 heteroatoms. The van der Waals surface area contributed by atoms with Crippen molar-refractivity contribution in [3.63, 3.8) is 0 Å². The van der Waals surface area contributed by atoms with E-state index in [9.17, 15) is 18.7 Å². The molecule has 1 aromatic heterocycles. The first-order valence-electron chi connectivity index (χ1n) is 8.55. The molecule has 144 valence electrons. The number of benzene rings is 2. The Bertz CT molecular complexity index is 1050. The number of hydrogen-bond acceptors (Lipinski definition) is 5. The van der Waals surface area contributed by atoms with Crippen LogP contribution in [0.25, 0.3) is 22.2 Å². The summed E-state index contributed by atoms with van der Waals surface area (Å²) in [5, 5.41) is 10.0. The smallest absolute Gasteiger partial charge is 0.387 e. The molecule has 0 radical (unpaired) electrons. The molecule has 1 aliphatic heterocycles. The van der Waals surface area contributed by atoms with E-state index in [-0.39, 0.29) is 22.6 Å². The highest BCUT2D eigenvalue weighted by Crippen LogP contribution is 2.37. The molecule has 0 saturated carbocycles. The molecule has 0 amide bonds. The summed E-state index contributed by atoms with van der Waals surface area (Å²) in [6.07, 6.45) is 0.702. The number of halogens is 2. The molecule has 4 rings (SSSR count). The molecule has 0 unspecified atom stereocenters. The molecule has 1 N–H and O–H groups in total. The zero-order valence-corrected chi connectivity index (χ0v) is 14.5. The predicted octanol–water partition coefficient (Wildman–Crippen LogP) is 4.36. The normalized spacial score (nSPS) is 13.4. The lowest BCUT2D eigenvalue weighted by atomic mass is 10.0. The third-order valence-corrected chi connectivity index (χ3v) is 4.29. The van der Waals surface area contributed by atoms with E-state index >= 15 is 0 Å². The lowest BCUT2D eigenvalue weighted by Gasteiger charge is -2.14. The molecule has 3 aromatic rings. The molecule has 1 aliphatic rings. The maximum Gasteiger partial charge on any atom is 0.387 e. The van der Waals surface area contributed by atoms with Crippen LogP contribution in [0, 0.1) is 0 Å². The number of ether oxygens (including phenoxy) is 3. The van der Waals surface area contributed by atoms with Crippen LogP contribution in [0.4, 0.5) is 8.78 Å². The van der Waals surface area contributed by atoms with E-state index in [2.05, 4.69) is 9.72 Å². The minimum atomic E-state index is -3.01. The van der Waals surface area contributed by atoms with Crippen LogP contribution in [-0.2, 0) is 0 Å². The molecular formula is C20H15F2NO5. The molecule has 0 bridgehead atoms. The van der Waals surface area contributed by atoms with Crippen LogP contribution in [0.5, 0.6) is 17.2 Å². The van der Waals surface area contributed by atoms with Gasteiger partial charge in [0.25, 0.3) is 0 Å². The maximum atomic E-state index is 12.7. The molecule has 2 aromatic carbocycles. The van der Waals surface area contributed by atoms with Crippen LogP contribution >= 0.6 is 0 Å². The zero-order chi connectivity index (χ0) is 19.7. The minimum Gasteiger partial charge on any atom is -0.490 e. The summed E-state index contributed by atoms with van der Waals surface area (Å²) < 4.78 is 41.3. The number of nitrogens with zero attached hydrogens (tertiary/aromatic N) is 1. The van der Waals surface area contributed by atoms with Crippen LogP contribution < -0.4 is 14.2 Å². The number of fused-ring (bicyclic) bond motifs is 2. The lowest BCUT2D eigenvalue weighted by molar-refractivity contribution is -0.0494. The molecule has 0 saturated heterocycles. The predicted molar refractivity (Wildman–Crippen MR) is 96.4 cm³/mol. The van der Waals surface area contributed by atoms with Crippen molar-refractivity contribution in [2.75, 3.05) is 13.2 Å².